The molecule has 0 spiro atoms. The van der Waals surface area contributed by atoms with E-state index in [1.807, 2.05) is 60.0 Å². The number of ketones is 1. The normalized spacial score (nSPS) is 12.4. The van der Waals surface area contributed by atoms with Gasteiger partial charge in [0.05, 0.1) is 6.04 Å². The Kier molecular flexibility index (Phi) is 3.63. The zero-order valence-electron chi connectivity index (χ0n) is 11.0. The molecule has 0 aliphatic carbocycles. The zero-order chi connectivity index (χ0) is 13.9. The van der Waals surface area contributed by atoms with Crippen LogP contribution < -0.4 is 5.73 Å². The van der Waals surface area contributed by atoms with E-state index in [9.17, 15) is 4.79 Å². The highest BCUT2D eigenvalue weighted by Gasteiger charge is 2.18. The first-order valence-corrected chi connectivity index (χ1v) is 7.43. The van der Waals surface area contributed by atoms with Gasteiger partial charge in [0, 0.05) is 10.3 Å². The van der Waals surface area contributed by atoms with Crippen molar-refractivity contribution in [3.8, 4) is 0 Å². The molecule has 0 bridgehead atoms. The number of Topliss-reactive ketones (excluding diaryl/α,β-unsaturated/α-hetero) is 1. The lowest BCUT2D eigenvalue weighted by molar-refractivity contribution is 0.0962. The van der Waals surface area contributed by atoms with Gasteiger partial charge in [0.2, 0.25) is 0 Å². The second kappa shape index (κ2) is 5.57. The molecule has 2 N–H and O–H groups in total. The van der Waals surface area contributed by atoms with E-state index in [0.29, 0.717) is 6.42 Å². The Labute approximate surface area is 121 Å². The van der Waals surface area contributed by atoms with E-state index in [2.05, 4.69) is 0 Å². The molecule has 3 aromatic rings. The molecule has 1 atom stereocenters. The summed E-state index contributed by atoms with van der Waals surface area (Å²) in [6.45, 7) is 0. The van der Waals surface area contributed by atoms with E-state index in [-0.39, 0.29) is 5.78 Å². The third-order valence-corrected chi connectivity index (χ3v) is 4.34. The molecule has 1 heterocycles. The summed E-state index contributed by atoms with van der Waals surface area (Å²) in [5.74, 6) is 0.0157. The van der Waals surface area contributed by atoms with Gasteiger partial charge < -0.3 is 5.73 Å². The van der Waals surface area contributed by atoms with Crippen molar-refractivity contribution in [2.24, 2.45) is 5.73 Å². The lowest BCUT2D eigenvalue weighted by Crippen LogP contribution is -2.32. The fraction of sp³-hybridized carbons (Fsp3) is 0.118. The summed E-state index contributed by atoms with van der Waals surface area (Å²) in [5.41, 5.74) is 7.92. The van der Waals surface area contributed by atoms with E-state index in [0.717, 1.165) is 21.2 Å². The van der Waals surface area contributed by atoms with E-state index >= 15 is 0 Å². The molecule has 100 valence electrons. The maximum atomic E-state index is 12.5. The van der Waals surface area contributed by atoms with Crippen LogP contribution in [0.5, 0.6) is 0 Å². The number of carbonyl (C=O) groups is 1. The summed E-state index contributed by atoms with van der Waals surface area (Å²) >= 11 is 1.59. The number of thiophene rings is 1. The van der Waals surface area contributed by atoms with Gasteiger partial charge >= 0.3 is 0 Å². The summed E-state index contributed by atoms with van der Waals surface area (Å²) in [6.07, 6.45) is 0.571. The molecular weight excluding hydrogens is 266 g/mol. The number of carbonyl (C=O) groups excluding carboxylic acids is 1. The second-order valence-electron chi connectivity index (χ2n) is 4.80. The Morgan fingerprint density at radius 2 is 1.85 bits per heavy atom. The molecule has 0 aliphatic rings. The molecular formula is C17H15NOS. The van der Waals surface area contributed by atoms with Crippen molar-refractivity contribution in [2.45, 2.75) is 12.5 Å². The van der Waals surface area contributed by atoms with Crippen LogP contribution >= 0.6 is 11.3 Å². The van der Waals surface area contributed by atoms with Gasteiger partial charge in [0.1, 0.15) is 0 Å². The molecule has 2 nitrogen and oxygen atoms in total. The van der Waals surface area contributed by atoms with Crippen LogP contribution in [0.25, 0.3) is 10.1 Å². The van der Waals surface area contributed by atoms with Crippen molar-refractivity contribution < 1.29 is 4.79 Å². The molecule has 0 radical (unpaired) electrons. The van der Waals surface area contributed by atoms with Crippen molar-refractivity contribution in [2.75, 3.05) is 0 Å². The zero-order valence-corrected chi connectivity index (χ0v) is 11.8. The molecule has 20 heavy (non-hydrogen) atoms. The van der Waals surface area contributed by atoms with Crippen LogP contribution in [0.15, 0.2) is 60.0 Å². The number of nitrogens with two attached hydrogens (primary N) is 1. The van der Waals surface area contributed by atoms with Crippen LogP contribution in [0.1, 0.15) is 15.9 Å². The summed E-state index contributed by atoms with van der Waals surface area (Å²) in [4.78, 5) is 12.5. The first-order valence-electron chi connectivity index (χ1n) is 6.55. The molecule has 1 aromatic heterocycles. The standard InChI is InChI=1S/C17H15NOS/c18-15(11-12-5-2-1-3-6-12)16(19)14-8-4-7-13-9-10-20-17(13)14/h1-10,15H,11,18H2. The fourth-order valence-electron chi connectivity index (χ4n) is 2.35. The molecule has 0 amide bonds. The largest absolute Gasteiger partial charge is 0.321 e. The van der Waals surface area contributed by atoms with Crippen LogP contribution in [0, 0.1) is 0 Å². The topological polar surface area (TPSA) is 43.1 Å². The monoisotopic (exact) mass is 281 g/mol. The number of hydrogen-bond donors (Lipinski definition) is 1. The second-order valence-corrected chi connectivity index (χ2v) is 5.72. The Balaban J connectivity index is 1.87. The maximum Gasteiger partial charge on any atom is 0.181 e. The Bertz CT molecular complexity index is 733. The first-order chi connectivity index (χ1) is 9.75. The minimum atomic E-state index is -0.495. The predicted octanol–water partition coefficient (Wildman–Crippen LogP) is 3.65. The van der Waals surface area contributed by atoms with Crippen LogP contribution in [-0.4, -0.2) is 11.8 Å². The smallest absolute Gasteiger partial charge is 0.181 e. The lowest BCUT2D eigenvalue weighted by atomic mass is 9.98. The van der Waals surface area contributed by atoms with Crippen LogP contribution in [0.3, 0.4) is 0 Å². The summed E-state index contributed by atoms with van der Waals surface area (Å²) in [6, 6.07) is 17.2. The predicted molar refractivity (Wildman–Crippen MR) is 84.3 cm³/mol. The number of rotatable bonds is 4. The van der Waals surface area contributed by atoms with Crippen LogP contribution in [-0.2, 0) is 6.42 Å². The number of hydrogen-bond acceptors (Lipinski definition) is 3. The SMILES string of the molecule is NC(Cc1ccccc1)C(=O)c1cccc2ccsc12. The van der Waals surface area contributed by atoms with Crippen molar-refractivity contribution in [3.05, 3.63) is 71.1 Å². The molecule has 0 saturated heterocycles. The third-order valence-electron chi connectivity index (χ3n) is 3.38. The highest BCUT2D eigenvalue weighted by molar-refractivity contribution is 7.17. The van der Waals surface area contributed by atoms with Gasteiger partial charge in [0.25, 0.3) is 0 Å². The van der Waals surface area contributed by atoms with Crippen molar-refractivity contribution >= 4 is 27.2 Å². The van der Waals surface area contributed by atoms with E-state index in [1.165, 1.54) is 0 Å². The van der Waals surface area contributed by atoms with Crippen molar-refractivity contribution in [1.82, 2.24) is 0 Å². The van der Waals surface area contributed by atoms with Gasteiger partial charge in [-0.1, -0.05) is 42.5 Å². The molecule has 3 heteroatoms. The van der Waals surface area contributed by atoms with E-state index < -0.39 is 6.04 Å². The summed E-state index contributed by atoms with van der Waals surface area (Å²) in [5, 5.41) is 3.11. The Morgan fingerprint density at radius 3 is 2.65 bits per heavy atom. The van der Waals surface area contributed by atoms with Gasteiger partial charge in [0.15, 0.2) is 5.78 Å². The quantitative estimate of drug-likeness (QED) is 0.742. The minimum absolute atomic E-state index is 0.0157. The molecule has 3 rings (SSSR count). The highest BCUT2D eigenvalue weighted by atomic mass is 32.1. The summed E-state index contributed by atoms with van der Waals surface area (Å²) < 4.78 is 1.03. The van der Waals surface area contributed by atoms with Gasteiger partial charge in [-0.05, 0) is 34.9 Å². The molecule has 2 aromatic carbocycles. The number of fused-ring (bicyclic) bond motifs is 1. The average molecular weight is 281 g/mol. The Hall–Kier alpha value is -1.97. The van der Waals surface area contributed by atoms with Crippen molar-refractivity contribution in [3.63, 3.8) is 0 Å². The van der Waals surface area contributed by atoms with Crippen molar-refractivity contribution in [1.29, 1.82) is 0 Å². The molecule has 0 saturated carbocycles. The lowest BCUT2D eigenvalue weighted by Gasteiger charge is -2.11. The molecule has 1 unspecified atom stereocenters. The maximum absolute atomic E-state index is 12.5. The van der Waals surface area contributed by atoms with Gasteiger partial charge in [-0.15, -0.1) is 11.3 Å². The fourth-order valence-corrected chi connectivity index (χ4v) is 3.27. The first kappa shape index (κ1) is 13.0. The molecule has 0 fully saturated rings. The van der Waals surface area contributed by atoms with Gasteiger partial charge in [-0.3, -0.25) is 4.79 Å². The van der Waals surface area contributed by atoms with Gasteiger partial charge in [-0.25, -0.2) is 0 Å². The minimum Gasteiger partial charge on any atom is -0.321 e. The average Bonchev–Trinajstić information content (AvgIpc) is 2.96. The number of benzene rings is 2. The third kappa shape index (κ3) is 2.50. The molecule has 0 aliphatic heterocycles. The van der Waals surface area contributed by atoms with Gasteiger partial charge in [-0.2, -0.15) is 0 Å². The Morgan fingerprint density at radius 1 is 1.05 bits per heavy atom. The van der Waals surface area contributed by atoms with Crippen LogP contribution in [0.4, 0.5) is 0 Å². The highest BCUT2D eigenvalue weighted by Crippen LogP contribution is 2.25. The summed E-state index contributed by atoms with van der Waals surface area (Å²) in [7, 11) is 0. The van der Waals surface area contributed by atoms with E-state index in [1.54, 1.807) is 11.3 Å². The van der Waals surface area contributed by atoms with E-state index in [4.69, 9.17) is 5.73 Å². The van der Waals surface area contributed by atoms with Crippen LogP contribution in [0.2, 0.25) is 0 Å².